The summed E-state index contributed by atoms with van der Waals surface area (Å²) in [6.07, 6.45) is 4.71. The summed E-state index contributed by atoms with van der Waals surface area (Å²) in [7, 11) is 0. The number of amides is 1. The standard InChI is InChI=1S/C27H24FN7O2/c1-2-37-19-8-10-21(30-15-19)26-34-33-25(35(26)23-6-4-3-5-20(23)28)17-13-18(14-17)31-27(36)22-9-7-16-11-12-29-24(16)32-22/h3-12,15,17-18H,2,13-14H2,1H3,(H,29,32)(H,31,36). The van der Waals surface area contributed by atoms with Crippen molar-refractivity contribution in [2.45, 2.75) is 31.7 Å². The number of nitrogens with zero attached hydrogens (tertiary/aromatic N) is 5. The second kappa shape index (κ2) is 9.45. The first-order valence-electron chi connectivity index (χ1n) is 12.1. The summed E-state index contributed by atoms with van der Waals surface area (Å²) in [5.41, 5.74) is 1.94. The second-order valence-electron chi connectivity index (χ2n) is 8.93. The molecular weight excluding hydrogens is 473 g/mol. The molecule has 0 saturated heterocycles. The molecule has 1 aliphatic rings. The number of nitrogens with one attached hydrogen (secondary N) is 2. The fourth-order valence-corrected chi connectivity index (χ4v) is 4.62. The van der Waals surface area contributed by atoms with Crippen LogP contribution in [-0.4, -0.2) is 48.3 Å². The van der Waals surface area contributed by atoms with E-state index in [4.69, 9.17) is 4.74 Å². The summed E-state index contributed by atoms with van der Waals surface area (Å²) in [6, 6.07) is 15.6. The van der Waals surface area contributed by atoms with Crippen LogP contribution in [0.2, 0.25) is 0 Å². The van der Waals surface area contributed by atoms with Gasteiger partial charge in [-0.3, -0.25) is 9.36 Å². The van der Waals surface area contributed by atoms with E-state index in [1.165, 1.54) is 6.07 Å². The molecule has 6 rings (SSSR count). The molecule has 9 nitrogen and oxygen atoms in total. The predicted octanol–water partition coefficient (Wildman–Crippen LogP) is 4.42. The SMILES string of the molecule is CCOc1ccc(-c2nnc(C3CC(NC(=O)c4ccc5cc[nH]c5n4)C3)n2-c2ccccc2F)nc1. The number of para-hydroxylation sites is 1. The number of hydrogen-bond donors (Lipinski definition) is 2. The van der Waals surface area contributed by atoms with Gasteiger partial charge < -0.3 is 15.0 Å². The van der Waals surface area contributed by atoms with Crippen molar-refractivity contribution < 1.29 is 13.9 Å². The summed E-state index contributed by atoms with van der Waals surface area (Å²) in [6.45, 7) is 2.44. The summed E-state index contributed by atoms with van der Waals surface area (Å²) >= 11 is 0. The number of carbonyl (C=O) groups excluding carboxylic acids is 1. The number of rotatable bonds is 7. The molecule has 5 aromatic rings. The monoisotopic (exact) mass is 497 g/mol. The van der Waals surface area contributed by atoms with Crippen molar-refractivity contribution in [2.75, 3.05) is 6.61 Å². The maximum Gasteiger partial charge on any atom is 0.270 e. The molecule has 1 aliphatic carbocycles. The van der Waals surface area contributed by atoms with Gasteiger partial charge in [-0.1, -0.05) is 12.1 Å². The van der Waals surface area contributed by atoms with E-state index in [-0.39, 0.29) is 23.7 Å². The number of aromatic amines is 1. The van der Waals surface area contributed by atoms with Crippen molar-refractivity contribution in [3.63, 3.8) is 0 Å². The number of pyridine rings is 2. The number of fused-ring (bicyclic) bond motifs is 1. The fraction of sp³-hybridized carbons (Fsp3) is 0.222. The Morgan fingerprint density at radius 3 is 2.78 bits per heavy atom. The van der Waals surface area contributed by atoms with Gasteiger partial charge in [0.15, 0.2) is 5.82 Å². The van der Waals surface area contributed by atoms with E-state index in [1.807, 2.05) is 19.1 Å². The van der Waals surface area contributed by atoms with Crippen LogP contribution >= 0.6 is 0 Å². The Balaban J connectivity index is 1.24. The van der Waals surface area contributed by atoms with Gasteiger partial charge in [0.25, 0.3) is 5.91 Å². The molecule has 37 heavy (non-hydrogen) atoms. The number of halogens is 1. The lowest BCUT2D eigenvalue weighted by Gasteiger charge is -2.35. The maximum absolute atomic E-state index is 14.9. The Bertz CT molecular complexity index is 1570. The lowest BCUT2D eigenvalue weighted by Crippen LogP contribution is -2.44. The molecule has 1 aromatic carbocycles. The number of carbonyl (C=O) groups is 1. The molecule has 0 spiro atoms. The lowest BCUT2D eigenvalue weighted by atomic mass is 9.79. The molecule has 10 heteroatoms. The van der Waals surface area contributed by atoms with Crippen LogP contribution in [0, 0.1) is 5.82 Å². The third-order valence-electron chi connectivity index (χ3n) is 6.54. The molecule has 4 heterocycles. The van der Waals surface area contributed by atoms with Crippen molar-refractivity contribution in [3.05, 3.63) is 84.3 Å². The largest absolute Gasteiger partial charge is 0.492 e. The molecule has 1 saturated carbocycles. The van der Waals surface area contributed by atoms with Gasteiger partial charge in [-0.05, 0) is 62.2 Å². The molecular formula is C27H24FN7O2. The zero-order valence-electron chi connectivity index (χ0n) is 20.1. The molecule has 2 N–H and O–H groups in total. The van der Waals surface area contributed by atoms with Crippen LogP contribution in [0.5, 0.6) is 5.75 Å². The lowest BCUT2D eigenvalue weighted by molar-refractivity contribution is 0.0902. The van der Waals surface area contributed by atoms with E-state index in [0.29, 0.717) is 59.6 Å². The number of ether oxygens (including phenoxy) is 1. The van der Waals surface area contributed by atoms with Gasteiger partial charge >= 0.3 is 0 Å². The van der Waals surface area contributed by atoms with Crippen LogP contribution < -0.4 is 10.1 Å². The van der Waals surface area contributed by atoms with E-state index in [2.05, 4.69) is 30.5 Å². The van der Waals surface area contributed by atoms with Crippen LogP contribution in [0.15, 0.2) is 67.0 Å². The topological polar surface area (TPSA) is 111 Å². The number of hydrogen-bond acceptors (Lipinski definition) is 6. The van der Waals surface area contributed by atoms with Gasteiger partial charge in [-0.2, -0.15) is 0 Å². The molecule has 0 bridgehead atoms. The smallest absolute Gasteiger partial charge is 0.270 e. The highest BCUT2D eigenvalue weighted by molar-refractivity contribution is 5.94. The van der Waals surface area contributed by atoms with Gasteiger partial charge in [-0.15, -0.1) is 10.2 Å². The third kappa shape index (κ3) is 4.31. The molecule has 0 unspecified atom stereocenters. The highest BCUT2D eigenvalue weighted by atomic mass is 19.1. The molecule has 1 amide bonds. The first kappa shape index (κ1) is 22.8. The summed E-state index contributed by atoms with van der Waals surface area (Å²) < 4.78 is 22.1. The van der Waals surface area contributed by atoms with Gasteiger partial charge in [-0.25, -0.2) is 14.4 Å². The molecule has 1 fully saturated rings. The fourth-order valence-electron chi connectivity index (χ4n) is 4.62. The highest BCUT2D eigenvalue weighted by Crippen LogP contribution is 2.39. The van der Waals surface area contributed by atoms with Crippen LogP contribution in [0.1, 0.15) is 42.0 Å². The van der Waals surface area contributed by atoms with Crippen molar-refractivity contribution in [2.24, 2.45) is 0 Å². The van der Waals surface area contributed by atoms with Crippen molar-refractivity contribution in [1.82, 2.24) is 35.0 Å². The Morgan fingerprint density at radius 2 is 2.00 bits per heavy atom. The van der Waals surface area contributed by atoms with E-state index in [0.717, 1.165) is 5.39 Å². The average Bonchev–Trinajstić information content (AvgIpc) is 3.53. The average molecular weight is 498 g/mol. The van der Waals surface area contributed by atoms with E-state index < -0.39 is 0 Å². The molecule has 186 valence electrons. The number of aromatic nitrogens is 6. The Labute approximate surface area is 211 Å². The van der Waals surface area contributed by atoms with Gasteiger partial charge in [0.2, 0.25) is 0 Å². The quantitative estimate of drug-likeness (QED) is 0.344. The normalized spacial score (nSPS) is 16.9. The van der Waals surface area contributed by atoms with Crippen LogP contribution in [0.4, 0.5) is 4.39 Å². The molecule has 0 atom stereocenters. The zero-order chi connectivity index (χ0) is 25.4. The number of H-pyrrole nitrogens is 1. The van der Waals surface area contributed by atoms with Crippen molar-refractivity contribution in [1.29, 1.82) is 0 Å². The van der Waals surface area contributed by atoms with E-state index >= 15 is 0 Å². The first-order chi connectivity index (χ1) is 18.1. The highest BCUT2D eigenvalue weighted by Gasteiger charge is 2.36. The molecule has 0 aliphatic heterocycles. The van der Waals surface area contributed by atoms with Crippen molar-refractivity contribution in [3.8, 4) is 23.0 Å². The van der Waals surface area contributed by atoms with Gasteiger partial charge in [0.1, 0.15) is 34.4 Å². The molecule has 4 aromatic heterocycles. The minimum Gasteiger partial charge on any atom is -0.492 e. The van der Waals surface area contributed by atoms with Crippen LogP contribution in [-0.2, 0) is 0 Å². The minimum absolute atomic E-state index is 0.00676. The first-order valence-corrected chi connectivity index (χ1v) is 12.1. The third-order valence-corrected chi connectivity index (χ3v) is 6.54. The summed E-state index contributed by atoms with van der Waals surface area (Å²) in [5.74, 6) is 1.10. The predicted molar refractivity (Wildman–Crippen MR) is 135 cm³/mol. The summed E-state index contributed by atoms with van der Waals surface area (Å²) in [5, 5.41) is 12.8. The minimum atomic E-state index is -0.384. The Kier molecular flexibility index (Phi) is 5.84. The maximum atomic E-state index is 14.9. The van der Waals surface area contributed by atoms with Gasteiger partial charge in [0, 0.05) is 23.5 Å². The number of benzene rings is 1. The second-order valence-corrected chi connectivity index (χ2v) is 8.93. The van der Waals surface area contributed by atoms with E-state index in [9.17, 15) is 9.18 Å². The van der Waals surface area contributed by atoms with Crippen molar-refractivity contribution >= 4 is 16.9 Å². The Hall–Kier alpha value is -4.60. The zero-order valence-corrected chi connectivity index (χ0v) is 20.1. The van der Waals surface area contributed by atoms with Crippen LogP contribution in [0.25, 0.3) is 28.2 Å². The summed E-state index contributed by atoms with van der Waals surface area (Å²) in [4.78, 5) is 24.6. The Morgan fingerprint density at radius 1 is 1.14 bits per heavy atom. The van der Waals surface area contributed by atoms with E-state index in [1.54, 1.807) is 53.4 Å². The van der Waals surface area contributed by atoms with Crippen LogP contribution in [0.3, 0.4) is 0 Å². The van der Waals surface area contributed by atoms with Gasteiger partial charge in [0.05, 0.1) is 18.5 Å². The molecule has 0 radical (unpaired) electrons.